The number of hydrogen-bond donors (Lipinski definition) is 2. The Hall–Kier alpha value is -1.79. The molecule has 7 nitrogen and oxygen atoms in total. The molecule has 2 atom stereocenters. The second-order valence-electron chi connectivity index (χ2n) is 6.37. The molecular formula is C14H23N3O4. The number of carboxylic acids is 1. The molecule has 1 heterocycles. The topological polar surface area (TPSA) is 89.9 Å². The number of aliphatic carboxylic acids is 1. The zero-order valence-corrected chi connectivity index (χ0v) is 12.8. The van der Waals surface area contributed by atoms with Crippen molar-refractivity contribution in [3.8, 4) is 0 Å². The van der Waals surface area contributed by atoms with E-state index in [1.807, 2.05) is 0 Å². The molecule has 1 aliphatic heterocycles. The summed E-state index contributed by atoms with van der Waals surface area (Å²) < 4.78 is 0. The highest BCUT2D eigenvalue weighted by Gasteiger charge is 2.44. The zero-order valence-electron chi connectivity index (χ0n) is 12.8. The van der Waals surface area contributed by atoms with Crippen molar-refractivity contribution >= 4 is 17.9 Å². The van der Waals surface area contributed by atoms with Crippen molar-refractivity contribution in [3.63, 3.8) is 0 Å². The summed E-state index contributed by atoms with van der Waals surface area (Å²) >= 11 is 0. The first-order chi connectivity index (χ1) is 9.75. The Labute approximate surface area is 124 Å². The third-order valence-corrected chi connectivity index (χ3v) is 4.59. The Kier molecular flexibility index (Phi) is 4.11. The molecule has 2 N–H and O–H groups in total. The molecule has 1 aliphatic carbocycles. The average Bonchev–Trinajstić information content (AvgIpc) is 2.84. The standard InChI is InChI=1S/C14H23N3O4/c1-14(2)12(20)16(3)7-8-17(14)13(21)15-10-6-4-5-9(10)11(18)19/h9-10H,4-8H2,1-3H3,(H,15,21)(H,18,19). The molecule has 0 bridgehead atoms. The van der Waals surface area contributed by atoms with Crippen molar-refractivity contribution in [1.29, 1.82) is 0 Å². The lowest BCUT2D eigenvalue weighted by molar-refractivity contribution is -0.145. The molecule has 2 unspecified atom stereocenters. The molecule has 0 spiro atoms. The quantitative estimate of drug-likeness (QED) is 0.776. The smallest absolute Gasteiger partial charge is 0.318 e. The lowest BCUT2D eigenvalue weighted by Crippen LogP contribution is -2.66. The van der Waals surface area contributed by atoms with Crippen molar-refractivity contribution in [3.05, 3.63) is 0 Å². The fourth-order valence-electron chi connectivity index (χ4n) is 3.23. The molecule has 118 valence electrons. The van der Waals surface area contributed by atoms with E-state index in [0.717, 1.165) is 6.42 Å². The van der Waals surface area contributed by atoms with Gasteiger partial charge in [-0.3, -0.25) is 9.59 Å². The molecule has 7 heteroatoms. The highest BCUT2D eigenvalue weighted by molar-refractivity contribution is 5.91. The number of nitrogens with zero attached hydrogens (tertiary/aromatic N) is 2. The van der Waals surface area contributed by atoms with Gasteiger partial charge in [0.1, 0.15) is 5.54 Å². The summed E-state index contributed by atoms with van der Waals surface area (Å²) in [6, 6.07) is -0.694. The second-order valence-corrected chi connectivity index (χ2v) is 6.37. The Bertz CT molecular complexity index is 463. The molecule has 1 saturated heterocycles. The molecule has 2 rings (SSSR count). The molecule has 1 saturated carbocycles. The lowest BCUT2D eigenvalue weighted by atomic mass is 9.98. The summed E-state index contributed by atoms with van der Waals surface area (Å²) in [6.45, 7) is 4.37. The van der Waals surface area contributed by atoms with Gasteiger partial charge in [-0.05, 0) is 26.7 Å². The third-order valence-electron chi connectivity index (χ3n) is 4.59. The first-order valence-corrected chi connectivity index (χ1v) is 7.31. The Balaban J connectivity index is 2.06. The Morgan fingerprint density at radius 3 is 2.57 bits per heavy atom. The molecule has 0 radical (unpaired) electrons. The molecule has 3 amide bonds. The second kappa shape index (κ2) is 5.54. The van der Waals surface area contributed by atoms with Crippen molar-refractivity contribution in [2.24, 2.45) is 5.92 Å². The van der Waals surface area contributed by atoms with Gasteiger partial charge in [0.05, 0.1) is 5.92 Å². The third kappa shape index (κ3) is 2.82. The van der Waals surface area contributed by atoms with E-state index in [1.165, 1.54) is 4.90 Å². The average molecular weight is 297 g/mol. The summed E-state index contributed by atoms with van der Waals surface area (Å²) in [5, 5.41) is 12.0. The molecule has 2 aliphatic rings. The van der Waals surface area contributed by atoms with E-state index in [4.69, 9.17) is 5.11 Å². The maximum atomic E-state index is 12.4. The number of nitrogens with one attached hydrogen (secondary N) is 1. The van der Waals surface area contributed by atoms with Gasteiger partial charge in [0.25, 0.3) is 0 Å². The van der Waals surface area contributed by atoms with E-state index in [1.54, 1.807) is 25.8 Å². The van der Waals surface area contributed by atoms with Crippen molar-refractivity contribution in [2.45, 2.75) is 44.7 Å². The van der Waals surface area contributed by atoms with Gasteiger partial charge >= 0.3 is 12.0 Å². The van der Waals surface area contributed by atoms with E-state index < -0.39 is 17.4 Å². The van der Waals surface area contributed by atoms with Gasteiger partial charge < -0.3 is 20.2 Å². The van der Waals surface area contributed by atoms with E-state index in [9.17, 15) is 14.4 Å². The predicted octanol–water partition coefficient (Wildman–Crippen LogP) is 0.502. The van der Waals surface area contributed by atoms with Crippen LogP contribution in [0.15, 0.2) is 0 Å². The Morgan fingerprint density at radius 2 is 1.95 bits per heavy atom. The van der Waals surface area contributed by atoms with E-state index in [-0.39, 0.29) is 18.0 Å². The van der Waals surface area contributed by atoms with Crippen LogP contribution in [0.3, 0.4) is 0 Å². The lowest BCUT2D eigenvalue weighted by Gasteiger charge is -2.45. The monoisotopic (exact) mass is 297 g/mol. The number of carbonyl (C=O) groups excluding carboxylic acids is 2. The van der Waals surface area contributed by atoms with E-state index >= 15 is 0 Å². The molecule has 21 heavy (non-hydrogen) atoms. The highest BCUT2D eigenvalue weighted by Crippen LogP contribution is 2.27. The SMILES string of the molecule is CN1CCN(C(=O)NC2CCCC2C(=O)O)C(C)(C)C1=O. The number of likely N-dealkylation sites (N-methyl/N-ethyl adjacent to an activating group) is 1. The van der Waals surface area contributed by atoms with Gasteiger partial charge in [0.2, 0.25) is 5.91 Å². The number of carboxylic acid groups (broad SMARTS) is 1. The first kappa shape index (κ1) is 15.6. The predicted molar refractivity (Wildman–Crippen MR) is 75.7 cm³/mol. The normalized spacial score (nSPS) is 28.6. The van der Waals surface area contributed by atoms with Crippen LogP contribution in [0.1, 0.15) is 33.1 Å². The molecular weight excluding hydrogens is 274 g/mol. The minimum Gasteiger partial charge on any atom is -0.481 e. The number of rotatable bonds is 2. The van der Waals surface area contributed by atoms with Crippen molar-refractivity contribution < 1.29 is 19.5 Å². The fourth-order valence-corrected chi connectivity index (χ4v) is 3.23. The van der Waals surface area contributed by atoms with Crippen LogP contribution in [-0.4, -0.2) is 64.5 Å². The first-order valence-electron chi connectivity index (χ1n) is 7.31. The number of hydrogen-bond acceptors (Lipinski definition) is 3. The van der Waals surface area contributed by atoms with Crippen LogP contribution in [0.5, 0.6) is 0 Å². The summed E-state index contributed by atoms with van der Waals surface area (Å²) in [7, 11) is 1.72. The van der Waals surface area contributed by atoms with Crippen molar-refractivity contribution in [1.82, 2.24) is 15.1 Å². The number of amides is 3. The van der Waals surface area contributed by atoms with Gasteiger partial charge in [0.15, 0.2) is 0 Å². The van der Waals surface area contributed by atoms with Gasteiger partial charge in [-0.15, -0.1) is 0 Å². The van der Waals surface area contributed by atoms with Crippen LogP contribution in [-0.2, 0) is 9.59 Å². The molecule has 0 aromatic carbocycles. The summed E-state index contributed by atoms with van der Waals surface area (Å²) in [4.78, 5) is 38.9. The van der Waals surface area contributed by atoms with Crippen LogP contribution in [0, 0.1) is 5.92 Å². The largest absolute Gasteiger partial charge is 0.481 e. The Morgan fingerprint density at radius 1 is 1.29 bits per heavy atom. The van der Waals surface area contributed by atoms with Crippen LogP contribution >= 0.6 is 0 Å². The van der Waals surface area contributed by atoms with Crippen LogP contribution in [0.4, 0.5) is 4.79 Å². The molecule has 0 aromatic heterocycles. The summed E-state index contributed by atoms with van der Waals surface area (Å²) in [5.41, 5.74) is -0.908. The summed E-state index contributed by atoms with van der Waals surface area (Å²) in [5.74, 6) is -1.50. The van der Waals surface area contributed by atoms with Gasteiger partial charge in [-0.2, -0.15) is 0 Å². The number of carbonyl (C=O) groups is 3. The van der Waals surface area contributed by atoms with Crippen LogP contribution in [0.2, 0.25) is 0 Å². The maximum Gasteiger partial charge on any atom is 0.318 e. The highest BCUT2D eigenvalue weighted by atomic mass is 16.4. The zero-order chi connectivity index (χ0) is 15.8. The van der Waals surface area contributed by atoms with E-state index in [2.05, 4.69) is 5.32 Å². The number of piperazine rings is 1. The number of urea groups is 1. The maximum absolute atomic E-state index is 12.4. The van der Waals surface area contributed by atoms with Crippen molar-refractivity contribution in [2.75, 3.05) is 20.1 Å². The van der Waals surface area contributed by atoms with Gasteiger partial charge in [-0.1, -0.05) is 6.42 Å². The van der Waals surface area contributed by atoms with Gasteiger partial charge in [0, 0.05) is 26.2 Å². The minimum absolute atomic E-state index is 0.106. The summed E-state index contributed by atoms with van der Waals surface area (Å²) in [6.07, 6.45) is 2.06. The molecule has 0 aromatic rings. The minimum atomic E-state index is -0.908. The van der Waals surface area contributed by atoms with Crippen LogP contribution in [0.25, 0.3) is 0 Å². The van der Waals surface area contributed by atoms with Crippen LogP contribution < -0.4 is 5.32 Å². The van der Waals surface area contributed by atoms with Gasteiger partial charge in [-0.25, -0.2) is 4.79 Å². The molecule has 2 fully saturated rings. The van der Waals surface area contributed by atoms with E-state index in [0.29, 0.717) is 25.9 Å². The fraction of sp³-hybridized carbons (Fsp3) is 0.786.